The van der Waals surface area contributed by atoms with Crippen LogP contribution in [-0.2, 0) is 33.4 Å². The summed E-state index contributed by atoms with van der Waals surface area (Å²) in [7, 11) is -3.57. The van der Waals surface area contributed by atoms with Crippen LogP contribution in [0, 0.1) is 5.92 Å². The van der Waals surface area contributed by atoms with E-state index in [2.05, 4.69) is 4.18 Å². The van der Waals surface area contributed by atoms with Crippen molar-refractivity contribution in [1.29, 1.82) is 0 Å². The van der Waals surface area contributed by atoms with Crippen LogP contribution in [0.4, 0.5) is 0 Å². The highest BCUT2D eigenvalue weighted by molar-refractivity contribution is 7.87. The monoisotopic (exact) mass is 280 g/mol. The standard InChI is InChI=1S/C10H16O7S/c1-3-7(2)10(12)15-5-9(11)17-8-4-16-18(13,14)6-8/h7-8H,3-6H2,1-2H3. The van der Waals surface area contributed by atoms with Crippen LogP contribution in [-0.4, -0.2) is 45.4 Å². The van der Waals surface area contributed by atoms with Gasteiger partial charge in [-0.3, -0.25) is 8.98 Å². The summed E-state index contributed by atoms with van der Waals surface area (Å²) in [5.74, 6) is -1.91. The number of esters is 2. The van der Waals surface area contributed by atoms with Crippen LogP contribution in [0.2, 0.25) is 0 Å². The van der Waals surface area contributed by atoms with E-state index in [-0.39, 0.29) is 18.3 Å². The molecule has 0 radical (unpaired) electrons. The van der Waals surface area contributed by atoms with Gasteiger partial charge in [0.1, 0.15) is 18.5 Å². The highest BCUT2D eigenvalue weighted by atomic mass is 32.2. The van der Waals surface area contributed by atoms with Crippen LogP contribution in [0.5, 0.6) is 0 Å². The molecule has 1 rings (SSSR count). The van der Waals surface area contributed by atoms with Crippen molar-refractivity contribution in [3.8, 4) is 0 Å². The third-order valence-electron chi connectivity index (χ3n) is 2.47. The Hall–Kier alpha value is -1.15. The average molecular weight is 280 g/mol. The molecule has 0 aliphatic carbocycles. The summed E-state index contributed by atoms with van der Waals surface area (Å²) in [6, 6.07) is 0. The van der Waals surface area contributed by atoms with Gasteiger partial charge >= 0.3 is 11.9 Å². The number of carbonyl (C=O) groups is 2. The van der Waals surface area contributed by atoms with Crippen LogP contribution < -0.4 is 0 Å². The number of ether oxygens (including phenoxy) is 2. The first-order valence-corrected chi connectivity index (χ1v) is 7.15. The second-order valence-corrected chi connectivity index (χ2v) is 5.72. The van der Waals surface area contributed by atoms with Crippen LogP contribution >= 0.6 is 0 Å². The number of hydrogen-bond acceptors (Lipinski definition) is 7. The zero-order chi connectivity index (χ0) is 13.8. The molecule has 1 aliphatic heterocycles. The molecule has 2 atom stereocenters. The van der Waals surface area contributed by atoms with Crippen molar-refractivity contribution in [2.45, 2.75) is 26.4 Å². The Bertz CT molecular complexity index is 414. The molecule has 1 fully saturated rings. The molecule has 18 heavy (non-hydrogen) atoms. The molecule has 0 amide bonds. The highest BCUT2D eigenvalue weighted by Gasteiger charge is 2.32. The van der Waals surface area contributed by atoms with Crippen molar-refractivity contribution in [3.63, 3.8) is 0 Å². The Morgan fingerprint density at radius 3 is 2.61 bits per heavy atom. The predicted molar refractivity (Wildman–Crippen MR) is 60.0 cm³/mol. The molecular formula is C10H16O7S. The fourth-order valence-electron chi connectivity index (χ4n) is 1.23. The third-order valence-corrected chi connectivity index (χ3v) is 3.74. The Balaban J connectivity index is 2.29. The molecule has 0 aromatic heterocycles. The van der Waals surface area contributed by atoms with Crippen molar-refractivity contribution < 1.29 is 31.7 Å². The first-order chi connectivity index (χ1) is 8.34. The van der Waals surface area contributed by atoms with Crippen LogP contribution in [0.3, 0.4) is 0 Å². The topological polar surface area (TPSA) is 96.0 Å². The Kier molecular flexibility index (Phi) is 5.09. The second kappa shape index (κ2) is 6.14. The summed E-state index contributed by atoms with van der Waals surface area (Å²) in [5.41, 5.74) is 0. The lowest BCUT2D eigenvalue weighted by molar-refractivity contribution is -0.163. The third kappa shape index (κ3) is 4.61. The molecule has 7 nitrogen and oxygen atoms in total. The van der Waals surface area contributed by atoms with Crippen molar-refractivity contribution in [1.82, 2.24) is 0 Å². The van der Waals surface area contributed by atoms with E-state index in [0.717, 1.165) is 0 Å². The van der Waals surface area contributed by atoms with E-state index in [1.807, 2.05) is 6.92 Å². The zero-order valence-corrected chi connectivity index (χ0v) is 11.1. The van der Waals surface area contributed by atoms with Gasteiger partial charge in [-0.25, -0.2) is 4.79 Å². The van der Waals surface area contributed by atoms with Gasteiger partial charge in [0.2, 0.25) is 0 Å². The molecule has 1 aliphatic rings. The van der Waals surface area contributed by atoms with Gasteiger partial charge in [-0.1, -0.05) is 13.8 Å². The molecule has 0 saturated carbocycles. The summed E-state index contributed by atoms with van der Waals surface area (Å²) in [4.78, 5) is 22.5. The van der Waals surface area contributed by atoms with Gasteiger partial charge in [-0.05, 0) is 6.42 Å². The van der Waals surface area contributed by atoms with Crippen molar-refractivity contribution >= 4 is 22.1 Å². The summed E-state index contributed by atoms with van der Waals surface area (Å²) in [6.07, 6.45) is -0.215. The predicted octanol–water partition coefficient (Wildman–Crippen LogP) is -0.152. The normalized spacial score (nSPS) is 23.3. The van der Waals surface area contributed by atoms with E-state index < -0.39 is 34.8 Å². The maximum atomic E-state index is 11.3. The summed E-state index contributed by atoms with van der Waals surface area (Å²) >= 11 is 0. The van der Waals surface area contributed by atoms with Gasteiger partial charge in [0.15, 0.2) is 6.61 Å². The van der Waals surface area contributed by atoms with E-state index in [1.54, 1.807) is 6.92 Å². The molecular weight excluding hydrogens is 264 g/mol. The van der Waals surface area contributed by atoms with E-state index in [0.29, 0.717) is 6.42 Å². The minimum Gasteiger partial charge on any atom is -0.456 e. The van der Waals surface area contributed by atoms with Gasteiger partial charge in [0, 0.05) is 0 Å². The van der Waals surface area contributed by atoms with Crippen LogP contribution in [0.15, 0.2) is 0 Å². The lowest BCUT2D eigenvalue weighted by atomic mass is 10.1. The largest absolute Gasteiger partial charge is 0.456 e. The van der Waals surface area contributed by atoms with E-state index in [1.165, 1.54) is 0 Å². The minimum atomic E-state index is -3.57. The van der Waals surface area contributed by atoms with Gasteiger partial charge in [-0.2, -0.15) is 8.42 Å². The van der Waals surface area contributed by atoms with Crippen molar-refractivity contribution in [3.05, 3.63) is 0 Å². The first-order valence-electron chi connectivity index (χ1n) is 5.57. The molecule has 8 heteroatoms. The molecule has 0 N–H and O–H groups in total. The van der Waals surface area contributed by atoms with E-state index >= 15 is 0 Å². The van der Waals surface area contributed by atoms with Gasteiger partial charge in [-0.15, -0.1) is 0 Å². The molecule has 0 aromatic rings. The van der Waals surface area contributed by atoms with Crippen molar-refractivity contribution in [2.24, 2.45) is 5.92 Å². The zero-order valence-electron chi connectivity index (χ0n) is 10.2. The highest BCUT2D eigenvalue weighted by Crippen LogP contribution is 2.11. The minimum absolute atomic E-state index is 0.187. The van der Waals surface area contributed by atoms with E-state index in [9.17, 15) is 18.0 Å². The maximum Gasteiger partial charge on any atom is 0.344 e. The summed E-state index contributed by atoms with van der Waals surface area (Å²) in [5, 5.41) is 0. The summed E-state index contributed by atoms with van der Waals surface area (Å²) in [6.45, 7) is 2.81. The number of rotatable bonds is 5. The fraction of sp³-hybridized carbons (Fsp3) is 0.800. The lowest BCUT2D eigenvalue weighted by Crippen LogP contribution is -2.26. The van der Waals surface area contributed by atoms with E-state index in [4.69, 9.17) is 9.47 Å². The Labute approximate surface area is 106 Å². The molecule has 0 spiro atoms. The van der Waals surface area contributed by atoms with Gasteiger partial charge < -0.3 is 9.47 Å². The molecule has 2 unspecified atom stereocenters. The molecule has 0 aromatic carbocycles. The molecule has 104 valence electrons. The maximum absolute atomic E-state index is 11.3. The molecule has 0 bridgehead atoms. The van der Waals surface area contributed by atoms with Gasteiger partial charge in [0.05, 0.1) is 5.92 Å². The summed E-state index contributed by atoms with van der Waals surface area (Å²) < 4.78 is 35.8. The second-order valence-electron chi connectivity index (χ2n) is 4.04. The van der Waals surface area contributed by atoms with Crippen molar-refractivity contribution in [2.75, 3.05) is 19.0 Å². The smallest absolute Gasteiger partial charge is 0.344 e. The number of carbonyl (C=O) groups excluding carboxylic acids is 2. The van der Waals surface area contributed by atoms with Crippen LogP contribution in [0.25, 0.3) is 0 Å². The lowest BCUT2D eigenvalue weighted by Gasteiger charge is -2.11. The Morgan fingerprint density at radius 1 is 1.44 bits per heavy atom. The fourth-order valence-corrected chi connectivity index (χ4v) is 2.31. The quantitative estimate of drug-likeness (QED) is 0.510. The average Bonchev–Trinajstić information content (AvgIpc) is 2.64. The first kappa shape index (κ1) is 14.9. The molecule has 1 heterocycles. The SMILES string of the molecule is CCC(C)C(=O)OCC(=O)OC1COS(=O)(=O)C1. The number of hydrogen-bond donors (Lipinski definition) is 0. The van der Waals surface area contributed by atoms with Gasteiger partial charge in [0.25, 0.3) is 10.1 Å². The Morgan fingerprint density at radius 2 is 2.11 bits per heavy atom. The molecule has 1 saturated heterocycles. The van der Waals surface area contributed by atoms with Crippen LogP contribution in [0.1, 0.15) is 20.3 Å².